The van der Waals surface area contributed by atoms with Crippen LogP contribution >= 0.6 is 0 Å². The quantitative estimate of drug-likeness (QED) is 0.649. The lowest BCUT2D eigenvalue weighted by molar-refractivity contribution is 0.0921. The van der Waals surface area contributed by atoms with Crippen LogP contribution in [-0.2, 0) is 6.61 Å². The molecule has 0 spiro atoms. The minimum absolute atomic E-state index is 0.174. The third kappa shape index (κ3) is 4.37. The van der Waals surface area contributed by atoms with E-state index in [-0.39, 0.29) is 12.5 Å². The maximum absolute atomic E-state index is 12.8. The van der Waals surface area contributed by atoms with Gasteiger partial charge in [0.2, 0.25) is 0 Å². The second-order valence-electron chi connectivity index (χ2n) is 7.26. The van der Waals surface area contributed by atoms with Crippen molar-refractivity contribution in [2.45, 2.75) is 25.9 Å². The Balaban J connectivity index is 1.46. The molecule has 0 aliphatic carbocycles. The Kier molecular flexibility index (Phi) is 5.92. The van der Waals surface area contributed by atoms with Crippen molar-refractivity contribution < 1.29 is 13.9 Å². The van der Waals surface area contributed by atoms with Crippen LogP contribution in [0.25, 0.3) is 11.0 Å². The number of para-hydroxylation sites is 2. The molecular formula is C23H26N2O3. The molecule has 1 saturated heterocycles. The van der Waals surface area contributed by atoms with E-state index in [0.29, 0.717) is 23.8 Å². The zero-order valence-corrected chi connectivity index (χ0v) is 15.9. The molecule has 2 heterocycles. The standard InChI is InChI=1S/C23H26N2O3/c26-23(25-14-12-17-7-6-13-24-15-17)22-20(16-27-18-8-2-1-3-9-18)19-10-4-5-11-21(19)28-22/h1-5,8-11,17,24H,6-7,12-16H2,(H,25,26). The third-order valence-corrected chi connectivity index (χ3v) is 5.27. The number of piperidine rings is 1. The molecule has 4 rings (SSSR count). The van der Waals surface area contributed by atoms with Gasteiger partial charge in [0.1, 0.15) is 17.9 Å². The molecule has 1 aromatic heterocycles. The molecule has 1 aliphatic heterocycles. The number of amides is 1. The zero-order valence-electron chi connectivity index (χ0n) is 15.9. The number of hydrogen-bond acceptors (Lipinski definition) is 4. The first-order valence-electron chi connectivity index (χ1n) is 9.98. The maximum atomic E-state index is 12.8. The summed E-state index contributed by atoms with van der Waals surface area (Å²) < 4.78 is 11.8. The van der Waals surface area contributed by atoms with Crippen LogP contribution in [0.4, 0.5) is 0 Å². The van der Waals surface area contributed by atoms with Gasteiger partial charge in [-0.1, -0.05) is 36.4 Å². The molecule has 1 atom stereocenters. The van der Waals surface area contributed by atoms with Crippen molar-refractivity contribution in [3.63, 3.8) is 0 Å². The van der Waals surface area contributed by atoms with Crippen LogP contribution in [-0.4, -0.2) is 25.5 Å². The molecule has 1 unspecified atom stereocenters. The largest absolute Gasteiger partial charge is 0.489 e. The Morgan fingerprint density at radius 2 is 1.96 bits per heavy atom. The first-order valence-corrected chi connectivity index (χ1v) is 9.98. The van der Waals surface area contributed by atoms with E-state index in [0.717, 1.165) is 36.2 Å². The predicted molar refractivity (Wildman–Crippen MR) is 110 cm³/mol. The van der Waals surface area contributed by atoms with Crippen LogP contribution in [0.5, 0.6) is 5.75 Å². The highest BCUT2D eigenvalue weighted by molar-refractivity contribution is 5.99. The van der Waals surface area contributed by atoms with Gasteiger partial charge in [0.25, 0.3) is 5.91 Å². The average molecular weight is 378 g/mol. The highest BCUT2D eigenvalue weighted by Gasteiger charge is 2.21. The summed E-state index contributed by atoms with van der Waals surface area (Å²) in [6.45, 7) is 3.08. The molecule has 0 bridgehead atoms. The summed E-state index contributed by atoms with van der Waals surface area (Å²) in [5.74, 6) is 1.57. The maximum Gasteiger partial charge on any atom is 0.287 e. The van der Waals surface area contributed by atoms with Gasteiger partial charge in [-0.15, -0.1) is 0 Å². The van der Waals surface area contributed by atoms with E-state index >= 15 is 0 Å². The van der Waals surface area contributed by atoms with Crippen molar-refractivity contribution in [2.24, 2.45) is 5.92 Å². The Bertz CT molecular complexity index is 914. The molecule has 2 aromatic carbocycles. The van der Waals surface area contributed by atoms with E-state index in [1.165, 1.54) is 12.8 Å². The van der Waals surface area contributed by atoms with E-state index in [2.05, 4.69) is 10.6 Å². The number of fused-ring (bicyclic) bond motifs is 1. The van der Waals surface area contributed by atoms with E-state index in [9.17, 15) is 4.79 Å². The molecule has 1 fully saturated rings. The van der Waals surface area contributed by atoms with Crippen molar-refractivity contribution in [3.8, 4) is 5.75 Å². The number of benzene rings is 2. The van der Waals surface area contributed by atoms with Gasteiger partial charge < -0.3 is 19.8 Å². The lowest BCUT2D eigenvalue weighted by Crippen LogP contribution is -2.33. The summed E-state index contributed by atoms with van der Waals surface area (Å²) in [6, 6.07) is 17.3. The third-order valence-electron chi connectivity index (χ3n) is 5.27. The van der Waals surface area contributed by atoms with Crippen molar-refractivity contribution in [1.82, 2.24) is 10.6 Å². The number of ether oxygens (including phenoxy) is 1. The Morgan fingerprint density at radius 1 is 1.14 bits per heavy atom. The molecular weight excluding hydrogens is 352 g/mol. The van der Waals surface area contributed by atoms with Gasteiger partial charge in [-0.25, -0.2) is 0 Å². The van der Waals surface area contributed by atoms with Crippen molar-refractivity contribution >= 4 is 16.9 Å². The van der Waals surface area contributed by atoms with E-state index in [4.69, 9.17) is 9.15 Å². The van der Waals surface area contributed by atoms with Gasteiger partial charge in [-0.2, -0.15) is 0 Å². The summed E-state index contributed by atoms with van der Waals surface area (Å²) >= 11 is 0. The van der Waals surface area contributed by atoms with Crippen LogP contribution in [0.1, 0.15) is 35.4 Å². The SMILES string of the molecule is O=C(NCCC1CCCNC1)c1oc2ccccc2c1COc1ccccc1. The molecule has 1 aliphatic rings. The average Bonchev–Trinajstić information content (AvgIpc) is 3.12. The topological polar surface area (TPSA) is 63.5 Å². The number of rotatable bonds is 7. The van der Waals surface area contributed by atoms with Crippen LogP contribution in [0.3, 0.4) is 0 Å². The molecule has 28 heavy (non-hydrogen) atoms. The molecule has 5 nitrogen and oxygen atoms in total. The van der Waals surface area contributed by atoms with Gasteiger partial charge in [0.05, 0.1) is 0 Å². The van der Waals surface area contributed by atoms with Crippen LogP contribution < -0.4 is 15.4 Å². The second-order valence-corrected chi connectivity index (χ2v) is 7.26. The van der Waals surface area contributed by atoms with Crippen molar-refractivity contribution in [1.29, 1.82) is 0 Å². The number of nitrogens with one attached hydrogen (secondary N) is 2. The minimum Gasteiger partial charge on any atom is -0.489 e. The van der Waals surface area contributed by atoms with Gasteiger partial charge >= 0.3 is 0 Å². The van der Waals surface area contributed by atoms with Gasteiger partial charge in [-0.3, -0.25) is 4.79 Å². The van der Waals surface area contributed by atoms with Crippen molar-refractivity contribution in [2.75, 3.05) is 19.6 Å². The van der Waals surface area contributed by atoms with E-state index in [1.807, 2.05) is 54.6 Å². The predicted octanol–water partition coefficient (Wildman–Crippen LogP) is 4.13. The number of hydrogen-bond donors (Lipinski definition) is 2. The highest BCUT2D eigenvalue weighted by atomic mass is 16.5. The summed E-state index contributed by atoms with van der Waals surface area (Å²) in [5, 5.41) is 7.36. The molecule has 2 N–H and O–H groups in total. The monoisotopic (exact) mass is 378 g/mol. The minimum atomic E-state index is -0.174. The molecule has 1 amide bonds. The molecule has 5 heteroatoms. The fourth-order valence-corrected chi connectivity index (χ4v) is 3.74. The number of furan rings is 1. The smallest absolute Gasteiger partial charge is 0.287 e. The van der Waals surface area contributed by atoms with Crippen LogP contribution in [0.15, 0.2) is 59.0 Å². The van der Waals surface area contributed by atoms with Crippen LogP contribution in [0.2, 0.25) is 0 Å². The number of carbonyl (C=O) groups is 1. The van der Waals surface area contributed by atoms with E-state index in [1.54, 1.807) is 0 Å². The first-order chi connectivity index (χ1) is 13.8. The molecule has 146 valence electrons. The Hall–Kier alpha value is -2.79. The fourth-order valence-electron chi connectivity index (χ4n) is 3.74. The summed E-state index contributed by atoms with van der Waals surface area (Å²) in [5.41, 5.74) is 1.49. The van der Waals surface area contributed by atoms with Crippen molar-refractivity contribution in [3.05, 3.63) is 65.9 Å². The molecule has 0 radical (unpaired) electrons. The fraction of sp³-hybridized carbons (Fsp3) is 0.348. The van der Waals surface area contributed by atoms with Gasteiger partial charge in [-0.05, 0) is 56.5 Å². The first kappa shape index (κ1) is 18.6. The normalized spacial score (nSPS) is 16.8. The Morgan fingerprint density at radius 3 is 2.79 bits per heavy atom. The molecule has 3 aromatic rings. The highest BCUT2D eigenvalue weighted by Crippen LogP contribution is 2.27. The van der Waals surface area contributed by atoms with Gasteiger partial charge in [0, 0.05) is 17.5 Å². The zero-order chi connectivity index (χ0) is 19.2. The summed E-state index contributed by atoms with van der Waals surface area (Å²) in [6.07, 6.45) is 3.42. The summed E-state index contributed by atoms with van der Waals surface area (Å²) in [7, 11) is 0. The summed E-state index contributed by atoms with van der Waals surface area (Å²) in [4.78, 5) is 12.8. The lowest BCUT2D eigenvalue weighted by atomic mass is 9.96. The van der Waals surface area contributed by atoms with Gasteiger partial charge in [0.15, 0.2) is 5.76 Å². The molecule has 0 saturated carbocycles. The van der Waals surface area contributed by atoms with Crippen LogP contribution in [0, 0.1) is 5.92 Å². The number of carbonyl (C=O) groups excluding carboxylic acids is 1. The van der Waals surface area contributed by atoms with E-state index < -0.39 is 0 Å². The lowest BCUT2D eigenvalue weighted by Gasteiger charge is -2.22. The second kappa shape index (κ2) is 8.93. The Labute approximate surface area is 165 Å².